The van der Waals surface area contributed by atoms with Gasteiger partial charge in [-0.05, 0) is 18.9 Å². The van der Waals surface area contributed by atoms with E-state index in [1.807, 2.05) is 12.1 Å². The maximum atomic E-state index is 12.2. The number of hydrogen-bond acceptors (Lipinski definition) is 4. The highest BCUT2D eigenvalue weighted by Gasteiger charge is 2.52. The van der Waals surface area contributed by atoms with Crippen molar-refractivity contribution in [3.05, 3.63) is 57.5 Å². The smallest absolute Gasteiger partial charge is 0.251 e. The summed E-state index contributed by atoms with van der Waals surface area (Å²) >= 11 is 13.3. The Bertz CT molecular complexity index is 802. The van der Waals surface area contributed by atoms with E-state index in [1.165, 1.54) is 17.8 Å². The van der Waals surface area contributed by atoms with Crippen LogP contribution in [0.1, 0.15) is 34.0 Å². The number of carbonyl (C=O) groups is 1. The van der Waals surface area contributed by atoms with E-state index in [1.54, 1.807) is 19.1 Å². The van der Waals surface area contributed by atoms with Gasteiger partial charge in [0.1, 0.15) is 4.33 Å². The first-order chi connectivity index (χ1) is 10.8. The standard InChI is InChI=1S/C16H14Cl2N2O2S/c1-9-6-14(22)20-15(19-9)23-8-13(21)11-4-2-10(3-5-11)12-7-16(12,17)18/h2-6,12H,7-8H2,1H3,(H,19,20,22)/t12-/m1/s1. The van der Waals surface area contributed by atoms with Crippen molar-refractivity contribution in [1.82, 2.24) is 9.97 Å². The van der Waals surface area contributed by atoms with Crippen LogP contribution in [0.2, 0.25) is 0 Å². The van der Waals surface area contributed by atoms with Crippen LogP contribution in [0.25, 0.3) is 0 Å². The normalized spacial score (nSPS) is 18.7. The highest BCUT2D eigenvalue weighted by Crippen LogP contribution is 2.59. The number of aromatic amines is 1. The van der Waals surface area contributed by atoms with Crippen molar-refractivity contribution >= 4 is 40.7 Å². The second kappa shape index (κ2) is 6.30. The number of nitrogens with zero attached hydrogens (tertiary/aromatic N) is 1. The summed E-state index contributed by atoms with van der Waals surface area (Å²) in [4.78, 5) is 30.4. The van der Waals surface area contributed by atoms with Gasteiger partial charge in [0, 0.05) is 23.2 Å². The predicted octanol–water partition coefficient (Wildman–Crippen LogP) is 3.71. The number of benzene rings is 1. The SMILES string of the molecule is Cc1cc(=O)[nH]c(SCC(=O)c2ccc([C@H]3CC3(Cl)Cl)cc2)n1. The second-order valence-electron chi connectivity index (χ2n) is 5.54. The largest absolute Gasteiger partial charge is 0.301 e. The quantitative estimate of drug-likeness (QED) is 0.378. The molecule has 0 amide bonds. The summed E-state index contributed by atoms with van der Waals surface area (Å²) in [6.45, 7) is 1.74. The van der Waals surface area contributed by atoms with Gasteiger partial charge in [-0.2, -0.15) is 0 Å². The van der Waals surface area contributed by atoms with Crippen molar-refractivity contribution in [2.75, 3.05) is 5.75 Å². The van der Waals surface area contributed by atoms with Crippen LogP contribution in [0.5, 0.6) is 0 Å². The Kier molecular flexibility index (Phi) is 4.54. The number of Topliss-reactive ketones (excluding diaryl/α,β-unsaturated/α-hetero) is 1. The number of hydrogen-bond donors (Lipinski definition) is 1. The Morgan fingerprint density at radius 3 is 2.61 bits per heavy atom. The number of carbonyl (C=O) groups excluding carboxylic acids is 1. The molecule has 23 heavy (non-hydrogen) atoms. The molecule has 1 fully saturated rings. The summed E-state index contributed by atoms with van der Waals surface area (Å²) in [7, 11) is 0. The van der Waals surface area contributed by atoms with E-state index in [9.17, 15) is 9.59 Å². The van der Waals surface area contributed by atoms with Crippen LogP contribution in [0, 0.1) is 6.92 Å². The average molecular weight is 369 g/mol. The van der Waals surface area contributed by atoms with Gasteiger partial charge in [-0.3, -0.25) is 9.59 Å². The summed E-state index contributed by atoms with van der Waals surface area (Å²) in [5.74, 6) is 0.333. The van der Waals surface area contributed by atoms with Gasteiger partial charge in [0.05, 0.1) is 5.75 Å². The number of nitrogens with one attached hydrogen (secondary N) is 1. The topological polar surface area (TPSA) is 62.8 Å². The fourth-order valence-electron chi connectivity index (χ4n) is 2.31. The number of rotatable bonds is 5. The minimum absolute atomic E-state index is 0.0236. The number of aromatic nitrogens is 2. The number of thioether (sulfide) groups is 1. The minimum Gasteiger partial charge on any atom is -0.301 e. The third-order valence-corrected chi connectivity index (χ3v) is 5.36. The zero-order valence-electron chi connectivity index (χ0n) is 12.3. The summed E-state index contributed by atoms with van der Waals surface area (Å²) in [5.41, 5.74) is 2.07. The molecule has 4 nitrogen and oxygen atoms in total. The van der Waals surface area contributed by atoms with Gasteiger partial charge in [0.2, 0.25) is 0 Å². The molecule has 7 heteroatoms. The molecular weight excluding hydrogens is 355 g/mol. The van der Waals surface area contributed by atoms with Crippen LogP contribution < -0.4 is 5.56 Å². The Hall–Kier alpha value is -1.30. The van der Waals surface area contributed by atoms with E-state index in [2.05, 4.69) is 9.97 Å². The molecule has 1 aromatic carbocycles. The molecular formula is C16H14Cl2N2O2S. The second-order valence-corrected chi connectivity index (χ2v) is 8.05. The van der Waals surface area contributed by atoms with E-state index < -0.39 is 4.33 Å². The van der Waals surface area contributed by atoms with Gasteiger partial charge in [0.15, 0.2) is 10.9 Å². The number of halogens is 2. The van der Waals surface area contributed by atoms with Gasteiger partial charge in [0.25, 0.3) is 5.56 Å². The number of H-pyrrole nitrogens is 1. The highest BCUT2D eigenvalue weighted by molar-refractivity contribution is 7.99. The molecule has 2 aromatic rings. The van der Waals surface area contributed by atoms with Crippen molar-refractivity contribution in [3.8, 4) is 0 Å². The lowest BCUT2D eigenvalue weighted by molar-refractivity contribution is 0.102. The fraction of sp³-hybridized carbons (Fsp3) is 0.312. The van der Waals surface area contributed by atoms with Crippen LogP contribution in [-0.2, 0) is 0 Å². The molecule has 1 N–H and O–H groups in total. The molecule has 0 saturated heterocycles. The maximum absolute atomic E-state index is 12.2. The summed E-state index contributed by atoms with van der Waals surface area (Å²) < 4.78 is -0.663. The first-order valence-electron chi connectivity index (χ1n) is 7.07. The predicted molar refractivity (Wildman–Crippen MR) is 92.9 cm³/mol. The fourth-order valence-corrected chi connectivity index (χ4v) is 3.69. The Balaban J connectivity index is 1.63. The molecule has 1 heterocycles. The van der Waals surface area contributed by atoms with Gasteiger partial charge in [-0.25, -0.2) is 4.98 Å². The lowest BCUT2D eigenvalue weighted by Gasteiger charge is -2.04. The van der Waals surface area contributed by atoms with Crippen molar-refractivity contribution in [2.45, 2.75) is 28.8 Å². The molecule has 0 spiro atoms. The first-order valence-corrected chi connectivity index (χ1v) is 8.81. The summed E-state index contributed by atoms with van der Waals surface area (Å²) in [6, 6.07) is 8.76. The Morgan fingerprint density at radius 2 is 2.04 bits per heavy atom. The Morgan fingerprint density at radius 1 is 1.39 bits per heavy atom. The van der Waals surface area contributed by atoms with Crippen LogP contribution in [0.3, 0.4) is 0 Å². The monoisotopic (exact) mass is 368 g/mol. The van der Waals surface area contributed by atoms with Crippen LogP contribution in [0.15, 0.2) is 40.3 Å². The maximum Gasteiger partial charge on any atom is 0.251 e. The molecule has 1 aliphatic carbocycles. The molecule has 1 atom stereocenters. The number of aryl methyl sites for hydroxylation is 1. The molecule has 0 bridgehead atoms. The summed E-state index contributed by atoms with van der Waals surface area (Å²) in [5, 5.41) is 0.451. The van der Waals surface area contributed by atoms with E-state index >= 15 is 0 Å². The average Bonchev–Trinajstić information content (AvgIpc) is 3.13. The van der Waals surface area contributed by atoms with E-state index in [4.69, 9.17) is 23.2 Å². The van der Waals surface area contributed by atoms with Gasteiger partial charge in [-0.15, -0.1) is 23.2 Å². The minimum atomic E-state index is -0.663. The van der Waals surface area contributed by atoms with Gasteiger partial charge >= 0.3 is 0 Å². The lowest BCUT2D eigenvalue weighted by Crippen LogP contribution is -2.10. The zero-order chi connectivity index (χ0) is 16.6. The van der Waals surface area contributed by atoms with Crippen molar-refractivity contribution in [3.63, 3.8) is 0 Å². The van der Waals surface area contributed by atoms with Crippen molar-refractivity contribution in [1.29, 1.82) is 0 Å². The van der Waals surface area contributed by atoms with Crippen LogP contribution >= 0.6 is 35.0 Å². The van der Waals surface area contributed by atoms with Crippen molar-refractivity contribution < 1.29 is 4.79 Å². The van der Waals surface area contributed by atoms with E-state index in [0.29, 0.717) is 16.4 Å². The molecule has 0 aliphatic heterocycles. The van der Waals surface area contributed by atoms with E-state index in [0.717, 1.165) is 12.0 Å². The first kappa shape index (κ1) is 16.6. The third-order valence-electron chi connectivity index (χ3n) is 3.65. The van der Waals surface area contributed by atoms with Crippen LogP contribution in [0.4, 0.5) is 0 Å². The van der Waals surface area contributed by atoms with Crippen LogP contribution in [-0.4, -0.2) is 25.8 Å². The zero-order valence-corrected chi connectivity index (χ0v) is 14.6. The molecule has 1 aromatic heterocycles. The van der Waals surface area contributed by atoms with Crippen molar-refractivity contribution in [2.24, 2.45) is 0 Å². The van der Waals surface area contributed by atoms with Gasteiger partial charge < -0.3 is 4.98 Å². The number of ketones is 1. The molecule has 1 saturated carbocycles. The molecule has 0 unspecified atom stereocenters. The third kappa shape index (κ3) is 3.97. The summed E-state index contributed by atoms with van der Waals surface area (Å²) in [6.07, 6.45) is 0.742. The Labute approximate surface area is 147 Å². The molecule has 120 valence electrons. The van der Waals surface area contributed by atoms with E-state index in [-0.39, 0.29) is 23.0 Å². The molecule has 1 aliphatic rings. The molecule has 0 radical (unpaired) electrons. The lowest BCUT2D eigenvalue weighted by atomic mass is 10.1. The van der Waals surface area contributed by atoms with Gasteiger partial charge in [-0.1, -0.05) is 36.0 Å². The molecule has 3 rings (SSSR count). The highest BCUT2D eigenvalue weighted by atomic mass is 35.5. The number of alkyl halides is 2.